The molecule has 2 saturated carbocycles. The van der Waals surface area contributed by atoms with Gasteiger partial charge in [0.2, 0.25) is 11.8 Å². The van der Waals surface area contributed by atoms with Crippen LogP contribution in [-0.2, 0) is 40.7 Å². The van der Waals surface area contributed by atoms with Crippen molar-refractivity contribution >= 4 is 39.8 Å². The highest BCUT2D eigenvalue weighted by atomic mass is 35.5. The van der Waals surface area contributed by atoms with Gasteiger partial charge in [0.25, 0.3) is 0 Å². The van der Waals surface area contributed by atoms with Gasteiger partial charge in [0.05, 0.1) is 87.2 Å². The maximum atomic E-state index is 12.9. The maximum Gasteiger partial charge on any atom is 0.224 e. The maximum absolute atomic E-state index is 12.9. The summed E-state index contributed by atoms with van der Waals surface area (Å²) in [6.07, 6.45) is -1.72. The standard InChI is InChI=1S/C38H50ClN3O5Si2.C29H28ClN3O5/c1-36(2,3)49(8,9)46-34-29(25-42-19-21-44-22-20-42)32(27-13-11-10-12-14-27)37(28-17-15-26(24-40)16-18-28)38(34,47-48(5,6)7)33-30(45-37)23-31(39)41-35(33)43-4;1-36-27-25-22(15-23(30)32-27)38-29(20-9-7-18(16-31)8-10-20)24(19-5-3-2-4-6-19)21(26(34)28(25,29)35)17-33-11-13-37-14-12-33/h10-18,23,29,32,34H,19-22,25H2,1-9H3;2-10,15,21,24,26,34-35H,11-14,17H2,1H3/t29-,32-,34-,37+,38+;21-,24-,26-,28+,29+/m11/s1. The van der Waals surface area contributed by atoms with Gasteiger partial charge in [0.1, 0.15) is 21.8 Å². The molecule has 2 aromatic heterocycles. The van der Waals surface area contributed by atoms with Crippen LogP contribution < -0.4 is 18.9 Å². The molecular weight excluding hydrogens is 1180 g/mol. The number of rotatable bonds is 14. The van der Waals surface area contributed by atoms with Crippen LogP contribution in [0, 0.1) is 34.5 Å². The number of aliphatic hydroxyl groups is 2. The summed E-state index contributed by atoms with van der Waals surface area (Å²) in [7, 11) is -1.87. The Bertz CT molecular complexity index is 3540. The quantitative estimate of drug-likeness (QED) is 0.0772. The van der Waals surface area contributed by atoms with Gasteiger partial charge in [-0.15, -0.1) is 0 Å². The number of pyridine rings is 2. The third kappa shape index (κ3) is 10.6. The zero-order chi connectivity index (χ0) is 61.9. The highest BCUT2D eigenvalue weighted by Crippen LogP contribution is 2.74. The Morgan fingerprint density at radius 2 is 1.06 bits per heavy atom. The van der Waals surface area contributed by atoms with Crippen LogP contribution in [0.1, 0.15) is 77.1 Å². The molecule has 2 aliphatic carbocycles. The second kappa shape index (κ2) is 24.1. The van der Waals surface area contributed by atoms with Crippen LogP contribution >= 0.6 is 23.2 Å². The number of ether oxygens (including phenoxy) is 6. The van der Waals surface area contributed by atoms with Crippen molar-refractivity contribution in [1.29, 1.82) is 10.5 Å². The number of methoxy groups -OCH3 is 2. The molecule has 6 aliphatic rings. The lowest BCUT2D eigenvalue weighted by molar-refractivity contribution is -0.152. The van der Waals surface area contributed by atoms with E-state index in [-0.39, 0.29) is 38.6 Å². The number of hydrogen-bond acceptors (Lipinski definition) is 16. The summed E-state index contributed by atoms with van der Waals surface area (Å²) >= 11 is 13.0. The first-order valence-electron chi connectivity index (χ1n) is 29.9. The normalized spacial score (nSPS) is 28.6. The minimum Gasteiger partial charge on any atom is -0.481 e. The van der Waals surface area contributed by atoms with Crippen molar-refractivity contribution in [2.24, 2.45) is 11.8 Å². The molecule has 6 heterocycles. The summed E-state index contributed by atoms with van der Waals surface area (Å²) in [5.41, 5.74) is -0.104. The third-order valence-electron chi connectivity index (χ3n) is 19.0. The fourth-order valence-electron chi connectivity index (χ4n) is 14.5. The Labute approximate surface area is 523 Å². The predicted molar refractivity (Wildman–Crippen MR) is 336 cm³/mol. The van der Waals surface area contributed by atoms with Crippen molar-refractivity contribution in [3.63, 3.8) is 0 Å². The molecule has 10 atom stereocenters. The van der Waals surface area contributed by atoms with E-state index in [0.717, 1.165) is 55.0 Å². The molecule has 4 aromatic carbocycles. The zero-order valence-electron chi connectivity index (χ0n) is 51.2. The molecule has 0 bridgehead atoms. The van der Waals surface area contributed by atoms with Crippen molar-refractivity contribution in [3.8, 4) is 35.4 Å². The van der Waals surface area contributed by atoms with Gasteiger partial charge in [-0.3, -0.25) is 9.80 Å². The average Bonchev–Trinajstić information content (AvgIpc) is 1.50. The van der Waals surface area contributed by atoms with E-state index < -0.39 is 63.1 Å². The van der Waals surface area contributed by atoms with Gasteiger partial charge in [-0.25, -0.2) is 9.97 Å². The monoisotopic (exact) mass is 1250 g/mol. The van der Waals surface area contributed by atoms with Gasteiger partial charge >= 0.3 is 0 Å². The first-order valence-corrected chi connectivity index (χ1v) is 37.0. The molecule has 16 nitrogen and oxygen atoms in total. The second-order valence-corrected chi connectivity index (χ2v) is 36.1. The molecule has 87 heavy (non-hydrogen) atoms. The molecule has 6 aromatic rings. The highest BCUT2D eigenvalue weighted by Gasteiger charge is 2.80. The number of aromatic nitrogens is 2. The van der Waals surface area contributed by atoms with Gasteiger partial charge in [-0.05, 0) is 84.3 Å². The summed E-state index contributed by atoms with van der Waals surface area (Å²) in [6, 6.07) is 43.0. The molecule has 4 fully saturated rings. The van der Waals surface area contributed by atoms with E-state index in [1.807, 2.05) is 54.6 Å². The summed E-state index contributed by atoms with van der Waals surface area (Å²) < 4.78 is 53.1. The topological polar surface area (TPSA) is 194 Å². The van der Waals surface area contributed by atoms with E-state index >= 15 is 0 Å². The van der Waals surface area contributed by atoms with Gasteiger partial charge in [-0.1, -0.05) is 129 Å². The van der Waals surface area contributed by atoms with Crippen molar-refractivity contribution in [2.45, 2.75) is 105 Å². The lowest BCUT2D eigenvalue weighted by atomic mass is 9.70. The Balaban J connectivity index is 0.000000186. The first-order chi connectivity index (χ1) is 41.5. The number of aliphatic hydroxyl groups excluding tert-OH is 1. The molecule has 2 N–H and O–H groups in total. The minimum atomic E-state index is -2.49. The van der Waals surface area contributed by atoms with Gasteiger partial charge < -0.3 is 47.5 Å². The van der Waals surface area contributed by atoms with Crippen molar-refractivity contribution < 1.29 is 47.5 Å². The summed E-state index contributed by atoms with van der Waals surface area (Å²) in [5.74, 6) is 0.122. The lowest BCUT2D eigenvalue weighted by Crippen LogP contribution is -2.60. The van der Waals surface area contributed by atoms with Gasteiger partial charge in [-0.2, -0.15) is 10.5 Å². The molecule has 20 heteroatoms. The van der Waals surface area contributed by atoms with Gasteiger partial charge in [0, 0.05) is 75.1 Å². The number of nitrogens with zero attached hydrogens (tertiary/aromatic N) is 6. The Kier molecular flexibility index (Phi) is 17.4. The highest BCUT2D eigenvalue weighted by molar-refractivity contribution is 6.74. The Hall–Kier alpha value is -5.95. The van der Waals surface area contributed by atoms with Crippen LogP contribution in [0.2, 0.25) is 48.1 Å². The predicted octanol–water partition coefficient (Wildman–Crippen LogP) is 11.3. The summed E-state index contributed by atoms with van der Waals surface area (Å²) in [4.78, 5) is 13.8. The van der Waals surface area contributed by atoms with Crippen LogP contribution in [0.15, 0.2) is 121 Å². The number of fused-ring (bicyclic) bond motifs is 6. The molecule has 12 rings (SSSR count). The molecule has 458 valence electrons. The number of halogens is 2. The first kappa shape index (κ1) is 62.7. The fourth-order valence-corrected chi connectivity index (χ4v) is 17.6. The number of benzene rings is 4. The summed E-state index contributed by atoms with van der Waals surface area (Å²) in [6.45, 7) is 25.1. The van der Waals surface area contributed by atoms with E-state index in [1.165, 1.54) is 7.11 Å². The van der Waals surface area contributed by atoms with Crippen molar-refractivity contribution in [2.75, 3.05) is 79.9 Å². The van der Waals surface area contributed by atoms with Gasteiger partial charge in [0.15, 0.2) is 39.0 Å². The minimum absolute atomic E-state index is 0.0878. The van der Waals surface area contributed by atoms with Crippen LogP contribution in [-0.4, -0.2) is 139 Å². The van der Waals surface area contributed by atoms with E-state index in [9.17, 15) is 20.7 Å². The van der Waals surface area contributed by atoms with Crippen LogP contribution in [0.4, 0.5) is 0 Å². The lowest BCUT2D eigenvalue weighted by Gasteiger charge is -2.50. The third-order valence-corrected chi connectivity index (χ3v) is 24.8. The largest absolute Gasteiger partial charge is 0.481 e. The van der Waals surface area contributed by atoms with Crippen LogP contribution in [0.25, 0.3) is 0 Å². The second-order valence-electron chi connectivity index (χ2n) is 26.1. The SMILES string of the molecule is COc1nc(Cl)cc2c1[C@]1(O)[C@H](O)[C@H](CN3CCOCC3)[C@@H](c3ccccc3)[C@]1(c1ccc(C#N)cc1)O2.COc1nc(Cl)cc2c1[C@]1(O[Si](C)(C)C)[C@H](O[Si](C)(C)C(C)(C)C)[C@H](CN3CCOCC3)[C@@H](c3ccccc3)[C@]1(c1ccc(C#N)cc1)O2. The van der Waals surface area contributed by atoms with E-state index in [1.54, 1.807) is 43.5 Å². The molecule has 0 radical (unpaired) electrons. The smallest absolute Gasteiger partial charge is 0.224 e. The van der Waals surface area contributed by atoms with Crippen LogP contribution in [0.3, 0.4) is 0 Å². The Morgan fingerprint density at radius 1 is 0.632 bits per heavy atom. The molecule has 0 amide bonds. The van der Waals surface area contributed by atoms with E-state index in [0.29, 0.717) is 67.0 Å². The molecule has 0 spiro atoms. The molecular formula is C67H78Cl2N6O10Si2. The summed E-state index contributed by atoms with van der Waals surface area (Å²) in [5, 5.41) is 44.7. The van der Waals surface area contributed by atoms with Crippen LogP contribution in [0.5, 0.6) is 23.3 Å². The van der Waals surface area contributed by atoms with E-state index in [2.05, 4.69) is 111 Å². The fraction of sp³-hybridized carbons (Fsp3) is 0.463. The molecule has 0 unspecified atom stereocenters. The zero-order valence-corrected chi connectivity index (χ0v) is 54.7. The number of nitriles is 2. The molecule has 2 saturated heterocycles. The average molecular weight is 1250 g/mol. The van der Waals surface area contributed by atoms with Crippen molar-refractivity contribution in [3.05, 3.63) is 176 Å². The van der Waals surface area contributed by atoms with E-state index in [4.69, 9.17) is 65.5 Å². The molecule has 4 aliphatic heterocycles. The van der Waals surface area contributed by atoms with Crippen molar-refractivity contribution in [1.82, 2.24) is 19.8 Å². The number of hydrogen-bond donors (Lipinski definition) is 2. The Morgan fingerprint density at radius 3 is 1.51 bits per heavy atom. The number of morpholine rings is 2.